The van der Waals surface area contributed by atoms with Crippen LogP contribution in [-0.2, 0) is 4.74 Å². The first kappa shape index (κ1) is 10.4. The summed E-state index contributed by atoms with van der Waals surface area (Å²) < 4.78 is 5.86. The average Bonchev–Trinajstić information content (AvgIpc) is 2.19. The van der Waals surface area contributed by atoms with E-state index < -0.39 is 0 Å². The minimum atomic E-state index is 0.0729. The predicted octanol–water partition coefficient (Wildman–Crippen LogP) is 3.82. The monoisotopic (exact) mass is 180 g/mol. The van der Waals surface area contributed by atoms with E-state index in [1.54, 1.807) is 6.08 Å². The van der Waals surface area contributed by atoms with Crippen LogP contribution in [0.15, 0.2) is 25.0 Å². The Morgan fingerprint density at radius 3 is 2.46 bits per heavy atom. The van der Waals surface area contributed by atoms with Crippen LogP contribution in [-0.4, -0.2) is 5.60 Å². The fraction of sp³-hybridized carbons (Fsp3) is 0.667. The first-order valence-corrected chi connectivity index (χ1v) is 5.23. The summed E-state index contributed by atoms with van der Waals surface area (Å²) in [6, 6.07) is 0. The van der Waals surface area contributed by atoms with Crippen molar-refractivity contribution in [1.82, 2.24) is 0 Å². The zero-order valence-corrected chi connectivity index (χ0v) is 8.64. The highest BCUT2D eigenvalue weighted by Gasteiger charge is 2.31. The fourth-order valence-corrected chi connectivity index (χ4v) is 2.04. The lowest BCUT2D eigenvalue weighted by molar-refractivity contribution is -0.0255. The molecule has 0 spiro atoms. The van der Waals surface area contributed by atoms with Crippen molar-refractivity contribution in [3.63, 3.8) is 0 Å². The predicted molar refractivity (Wildman–Crippen MR) is 56.5 cm³/mol. The topological polar surface area (TPSA) is 9.23 Å². The van der Waals surface area contributed by atoms with Crippen LogP contribution < -0.4 is 0 Å². The highest BCUT2D eigenvalue weighted by Crippen LogP contribution is 2.35. The summed E-state index contributed by atoms with van der Waals surface area (Å²) in [6.07, 6.45) is 9.07. The quantitative estimate of drug-likeness (QED) is 0.472. The highest BCUT2D eigenvalue weighted by atomic mass is 16.5. The maximum atomic E-state index is 5.86. The van der Waals surface area contributed by atoms with Crippen molar-refractivity contribution in [2.24, 2.45) is 0 Å². The largest absolute Gasteiger partial charge is 0.488 e. The molecule has 0 heterocycles. The van der Waals surface area contributed by atoms with Gasteiger partial charge in [0, 0.05) is 0 Å². The Kier molecular flexibility index (Phi) is 3.58. The lowest BCUT2D eigenvalue weighted by atomic mass is 9.82. The summed E-state index contributed by atoms with van der Waals surface area (Å²) >= 11 is 0. The van der Waals surface area contributed by atoms with Crippen molar-refractivity contribution in [3.05, 3.63) is 25.0 Å². The van der Waals surface area contributed by atoms with Gasteiger partial charge in [-0.2, -0.15) is 0 Å². The normalized spacial score (nSPS) is 20.7. The minimum absolute atomic E-state index is 0.0729. The van der Waals surface area contributed by atoms with E-state index in [2.05, 4.69) is 20.1 Å². The summed E-state index contributed by atoms with van der Waals surface area (Å²) in [5.74, 6) is 0.726. The smallest absolute Gasteiger partial charge is 0.112 e. The van der Waals surface area contributed by atoms with Gasteiger partial charge < -0.3 is 4.74 Å². The second-order valence-corrected chi connectivity index (χ2v) is 3.87. The van der Waals surface area contributed by atoms with E-state index in [1.165, 1.54) is 32.1 Å². The van der Waals surface area contributed by atoms with Crippen molar-refractivity contribution < 1.29 is 4.74 Å². The molecule has 0 aromatic carbocycles. The van der Waals surface area contributed by atoms with Crippen LogP contribution in [0.25, 0.3) is 0 Å². The number of hydrogen-bond donors (Lipinski definition) is 0. The molecule has 1 saturated carbocycles. The van der Waals surface area contributed by atoms with Gasteiger partial charge in [0.1, 0.15) is 11.4 Å². The average molecular weight is 180 g/mol. The molecule has 0 aromatic heterocycles. The molecule has 74 valence electrons. The molecule has 1 aliphatic rings. The molecule has 0 amide bonds. The molecular formula is C12H20O. The van der Waals surface area contributed by atoms with E-state index in [9.17, 15) is 0 Å². The summed E-state index contributed by atoms with van der Waals surface area (Å²) in [5, 5.41) is 0. The molecule has 1 rings (SSSR count). The molecule has 0 aromatic rings. The first-order chi connectivity index (χ1) is 6.22. The molecule has 0 radical (unpaired) electrons. The van der Waals surface area contributed by atoms with E-state index in [0.717, 1.165) is 12.2 Å². The van der Waals surface area contributed by atoms with Gasteiger partial charge >= 0.3 is 0 Å². The number of rotatable bonds is 4. The van der Waals surface area contributed by atoms with Crippen molar-refractivity contribution in [1.29, 1.82) is 0 Å². The van der Waals surface area contributed by atoms with Gasteiger partial charge in [-0.05, 0) is 38.2 Å². The van der Waals surface area contributed by atoms with E-state index in [0.29, 0.717) is 0 Å². The zero-order chi connectivity index (χ0) is 9.73. The van der Waals surface area contributed by atoms with Crippen LogP contribution in [0.2, 0.25) is 0 Å². The molecule has 1 heteroatoms. The molecule has 0 bridgehead atoms. The summed E-state index contributed by atoms with van der Waals surface area (Å²) in [5.41, 5.74) is 0.0729. The molecule has 0 aliphatic heterocycles. The Bertz CT molecular complexity index is 187. The highest BCUT2D eigenvalue weighted by molar-refractivity contribution is 5.04. The Morgan fingerprint density at radius 2 is 2.00 bits per heavy atom. The van der Waals surface area contributed by atoms with E-state index in [4.69, 9.17) is 4.74 Å². The molecule has 0 unspecified atom stereocenters. The standard InChI is InChI=1S/C12H20O/c1-4-11(3)13-12(5-2)9-7-6-8-10-12/h4H,1,3,5-10H2,2H3. The summed E-state index contributed by atoms with van der Waals surface area (Å²) in [6.45, 7) is 9.68. The van der Waals surface area contributed by atoms with Gasteiger partial charge in [-0.25, -0.2) is 0 Å². The van der Waals surface area contributed by atoms with Gasteiger partial charge in [0.15, 0.2) is 0 Å². The van der Waals surface area contributed by atoms with Gasteiger partial charge in [0.2, 0.25) is 0 Å². The fourth-order valence-electron chi connectivity index (χ4n) is 2.04. The van der Waals surface area contributed by atoms with Gasteiger partial charge in [-0.1, -0.05) is 26.5 Å². The van der Waals surface area contributed by atoms with Crippen molar-refractivity contribution in [3.8, 4) is 0 Å². The van der Waals surface area contributed by atoms with Gasteiger partial charge in [0.05, 0.1) is 0 Å². The van der Waals surface area contributed by atoms with E-state index >= 15 is 0 Å². The second kappa shape index (κ2) is 4.50. The maximum Gasteiger partial charge on any atom is 0.112 e. The molecular weight excluding hydrogens is 160 g/mol. The van der Waals surface area contributed by atoms with E-state index in [1.807, 2.05) is 0 Å². The van der Waals surface area contributed by atoms with Gasteiger partial charge in [0.25, 0.3) is 0 Å². The van der Waals surface area contributed by atoms with Gasteiger partial charge in [-0.3, -0.25) is 0 Å². The Labute approximate surface area is 81.5 Å². The van der Waals surface area contributed by atoms with Crippen molar-refractivity contribution in [2.45, 2.75) is 51.0 Å². The van der Waals surface area contributed by atoms with Crippen LogP contribution in [0, 0.1) is 0 Å². The molecule has 0 saturated heterocycles. The van der Waals surface area contributed by atoms with Crippen LogP contribution in [0.3, 0.4) is 0 Å². The molecule has 1 fully saturated rings. The third kappa shape index (κ3) is 2.61. The van der Waals surface area contributed by atoms with Crippen LogP contribution in [0.1, 0.15) is 45.4 Å². The number of ether oxygens (including phenoxy) is 1. The van der Waals surface area contributed by atoms with Crippen molar-refractivity contribution >= 4 is 0 Å². The number of hydrogen-bond acceptors (Lipinski definition) is 1. The SMILES string of the molecule is C=CC(=C)OC1(CC)CCCCC1. The second-order valence-electron chi connectivity index (χ2n) is 3.87. The van der Waals surface area contributed by atoms with Gasteiger partial charge in [-0.15, -0.1) is 0 Å². The third-order valence-electron chi connectivity index (χ3n) is 2.98. The van der Waals surface area contributed by atoms with Crippen molar-refractivity contribution in [2.75, 3.05) is 0 Å². The molecule has 13 heavy (non-hydrogen) atoms. The maximum absolute atomic E-state index is 5.86. The first-order valence-electron chi connectivity index (χ1n) is 5.23. The minimum Gasteiger partial charge on any atom is -0.488 e. The van der Waals surface area contributed by atoms with Crippen LogP contribution in [0.4, 0.5) is 0 Å². The Morgan fingerprint density at radius 1 is 1.38 bits per heavy atom. The molecule has 1 nitrogen and oxygen atoms in total. The lowest BCUT2D eigenvalue weighted by Crippen LogP contribution is -2.33. The summed E-state index contributed by atoms with van der Waals surface area (Å²) in [7, 11) is 0. The lowest BCUT2D eigenvalue weighted by Gasteiger charge is -2.37. The van der Waals surface area contributed by atoms with Crippen LogP contribution >= 0.6 is 0 Å². The summed E-state index contributed by atoms with van der Waals surface area (Å²) in [4.78, 5) is 0. The van der Waals surface area contributed by atoms with E-state index in [-0.39, 0.29) is 5.60 Å². The Balaban J connectivity index is 2.56. The zero-order valence-electron chi connectivity index (χ0n) is 8.64. The molecule has 0 N–H and O–H groups in total. The van der Waals surface area contributed by atoms with Crippen LogP contribution in [0.5, 0.6) is 0 Å². The molecule has 1 aliphatic carbocycles. The Hall–Kier alpha value is -0.720. The molecule has 0 atom stereocenters. The third-order valence-corrected chi connectivity index (χ3v) is 2.98. The number of allylic oxidation sites excluding steroid dienone is 1.